The lowest BCUT2D eigenvalue weighted by Gasteiger charge is -2.45. The second-order valence-corrected chi connectivity index (χ2v) is 12.5. The number of rotatable bonds is 7. The molecular formula is C31H40N2O6. The molecule has 2 heterocycles. The fraction of sp³-hybridized carbons (Fsp3) is 0.581. The van der Waals surface area contributed by atoms with Crippen LogP contribution in [0.4, 0.5) is 0 Å². The predicted octanol–water partition coefficient (Wildman–Crippen LogP) is 4.19. The highest BCUT2D eigenvalue weighted by atomic mass is 16.5. The topological polar surface area (TPSA) is 105 Å². The molecule has 1 aromatic rings. The van der Waals surface area contributed by atoms with E-state index in [1.165, 1.54) is 0 Å². The van der Waals surface area contributed by atoms with Gasteiger partial charge in [-0.3, -0.25) is 14.4 Å². The summed E-state index contributed by atoms with van der Waals surface area (Å²) in [5.41, 5.74) is 2.46. The van der Waals surface area contributed by atoms with Gasteiger partial charge in [0.15, 0.2) is 5.78 Å². The van der Waals surface area contributed by atoms with Crippen LogP contribution >= 0.6 is 0 Å². The number of nitrogens with one attached hydrogen (secondary N) is 1. The molecule has 1 aromatic carbocycles. The van der Waals surface area contributed by atoms with Gasteiger partial charge in [-0.05, 0) is 41.7 Å². The number of methoxy groups -OCH3 is 1. The number of likely N-dealkylation sites (N-methyl/N-ethyl adjacent to an activating group) is 1. The number of Topliss-reactive ketones (excluding diaryl/α,β-unsaturated/α-hetero) is 1. The van der Waals surface area contributed by atoms with Crippen LogP contribution in [-0.2, 0) is 14.3 Å². The summed E-state index contributed by atoms with van der Waals surface area (Å²) in [5.74, 6) is 0.703. The van der Waals surface area contributed by atoms with Crippen molar-refractivity contribution in [1.82, 2.24) is 10.2 Å². The van der Waals surface area contributed by atoms with E-state index in [1.54, 1.807) is 19.1 Å². The number of carbonyl (C=O) groups is 3. The number of benzene rings is 1. The number of allylic oxidation sites excluding steroid dienone is 2. The van der Waals surface area contributed by atoms with E-state index in [0.717, 1.165) is 18.4 Å². The Balaban J connectivity index is 1.80. The van der Waals surface area contributed by atoms with Gasteiger partial charge in [0.05, 0.1) is 30.8 Å². The van der Waals surface area contributed by atoms with Gasteiger partial charge in [0.25, 0.3) is 11.8 Å². The van der Waals surface area contributed by atoms with Crippen molar-refractivity contribution in [3.8, 4) is 5.75 Å². The molecule has 0 bridgehead atoms. The number of aliphatic hydroxyl groups excluding tert-OH is 1. The van der Waals surface area contributed by atoms with Gasteiger partial charge in [0, 0.05) is 50.0 Å². The number of amides is 2. The maximum atomic E-state index is 14.1. The van der Waals surface area contributed by atoms with Crippen LogP contribution in [0, 0.1) is 11.3 Å². The minimum absolute atomic E-state index is 0.0432. The summed E-state index contributed by atoms with van der Waals surface area (Å²) in [7, 11) is 3.35. The van der Waals surface area contributed by atoms with E-state index in [-0.39, 0.29) is 54.0 Å². The molecule has 2 atom stereocenters. The van der Waals surface area contributed by atoms with Crippen LogP contribution in [0.25, 0.3) is 0 Å². The van der Waals surface area contributed by atoms with Gasteiger partial charge < -0.3 is 24.8 Å². The molecular weight excluding hydrogens is 496 g/mol. The van der Waals surface area contributed by atoms with Crippen molar-refractivity contribution in [3.63, 3.8) is 0 Å². The molecule has 8 heteroatoms. The van der Waals surface area contributed by atoms with E-state index in [1.807, 2.05) is 12.1 Å². The summed E-state index contributed by atoms with van der Waals surface area (Å²) in [6.07, 6.45) is 3.35. The number of ether oxygens (including phenoxy) is 2. The lowest BCUT2D eigenvalue weighted by molar-refractivity contribution is -0.131. The van der Waals surface area contributed by atoms with Crippen LogP contribution in [0.1, 0.15) is 93.1 Å². The molecule has 2 aliphatic carbocycles. The Morgan fingerprint density at radius 3 is 2.51 bits per heavy atom. The Morgan fingerprint density at radius 1 is 1.18 bits per heavy atom. The molecule has 2 amide bonds. The van der Waals surface area contributed by atoms with Gasteiger partial charge in [0.1, 0.15) is 17.3 Å². The van der Waals surface area contributed by atoms with Crippen molar-refractivity contribution < 1.29 is 29.0 Å². The zero-order valence-electron chi connectivity index (χ0n) is 23.8. The number of ketones is 1. The first kappa shape index (κ1) is 27.4. The first-order valence-corrected chi connectivity index (χ1v) is 14.0. The number of aliphatic hydroxyl groups is 1. The summed E-state index contributed by atoms with van der Waals surface area (Å²) in [5, 5.41) is 12.3. The minimum atomic E-state index is -0.779. The van der Waals surface area contributed by atoms with Crippen molar-refractivity contribution in [2.45, 2.75) is 77.7 Å². The molecule has 210 valence electrons. The molecule has 0 radical (unpaired) electrons. The smallest absolute Gasteiger partial charge is 0.254 e. The Morgan fingerprint density at radius 2 is 1.90 bits per heavy atom. The SMILES string of the molecule is COc1ccc(C2CC2)c(C(=O)NCCO)c1[C@H]1C2=C(CC(C)(C)CC2=O)OC2=C1C(=O)N(C)[C@H](C(C)C)C2. The molecule has 0 unspecified atom stereocenters. The van der Waals surface area contributed by atoms with Crippen molar-refractivity contribution in [3.05, 3.63) is 51.5 Å². The zero-order valence-corrected chi connectivity index (χ0v) is 23.8. The Hall–Kier alpha value is -3.13. The molecule has 0 spiro atoms. The lowest BCUT2D eigenvalue weighted by atomic mass is 9.67. The highest BCUT2D eigenvalue weighted by Gasteiger charge is 2.50. The highest BCUT2D eigenvalue weighted by molar-refractivity contribution is 6.07. The third-order valence-electron chi connectivity index (χ3n) is 8.60. The predicted molar refractivity (Wildman–Crippen MR) is 146 cm³/mol. The van der Waals surface area contributed by atoms with Gasteiger partial charge in [-0.15, -0.1) is 0 Å². The Bertz CT molecular complexity index is 1290. The van der Waals surface area contributed by atoms with Crippen molar-refractivity contribution in [1.29, 1.82) is 0 Å². The summed E-state index contributed by atoms with van der Waals surface area (Å²) >= 11 is 0. The minimum Gasteiger partial charge on any atom is -0.496 e. The average Bonchev–Trinajstić information content (AvgIpc) is 3.72. The second kappa shape index (κ2) is 10.1. The second-order valence-electron chi connectivity index (χ2n) is 12.5. The van der Waals surface area contributed by atoms with Gasteiger partial charge in [-0.1, -0.05) is 33.8 Å². The third-order valence-corrected chi connectivity index (χ3v) is 8.60. The van der Waals surface area contributed by atoms with Crippen LogP contribution in [0.2, 0.25) is 0 Å². The van der Waals surface area contributed by atoms with Crippen LogP contribution in [0.5, 0.6) is 5.75 Å². The van der Waals surface area contributed by atoms with E-state index in [4.69, 9.17) is 9.47 Å². The molecule has 1 saturated carbocycles. The molecule has 0 saturated heterocycles. The molecule has 5 rings (SSSR count). The highest BCUT2D eigenvalue weighted by Crippen LogP contribution is 2.55. The molecule has 1 fully saturated rings. The van der Waals surface area contributed by atoms with Crippen LogP contribution in [-0.4, -0.2) is 61.0 Å². The van der Waals surface area contributed by atoms with Crippen molar-refractivity contribution in [2.24, 2.45) is 11.3 Å². The summed E-state index contributed by atoms with van der Waals surface area (Å²) in [4.78, 5) is 43.5. The monoisotopic (exact) mass is 536 g/mol. The summed E-state index contributed by atoms with van der Waals surface area (Å²) < 4.78 is 12.4. The van der Waals surface area contributed by atoms with Gasteiger partial charge in [-0.2, -0.15) is 0 Å². The van der Waals surface area contributed by atoms with E-state index in [0.29, 0.717) is 58.8 Å². The van der Waals surface area contributed by atoms with Crippen LogP contribution < -0.4 is 10.1 Å². The van der Waals surface area contributed by atoms with Crippen molar-refractivity contribution >= 4 is 17.6 Å². The van der Waals surface area contributed by atoms with Gasteiger partial charge in [-0.25, -0.2) is 0 Å². The maximum Gasteiger partial charge on any atom is 0.254 e. The molecule has 0 aromatic heterocycles. The number of nitrogens with zero attached hydrogens (tertiary/aromatic N) is 1. The van der Waals surface area contributed by atoms with Crippen molar-refractivity contribution in [2.75, 3.05) is 27.3 Å². The molecule has 8 nitrogen and oxygen atoms in total. The number of carbonyl (C=O) groups excluding carboxylic acids is 3. The quantitative estimate of drug-likeness (QED) is 0.541. The van der Waals surface area contributed by atoms with Crippen LogP contribution in [0.3, 0.4) is 0 Å². The molecule has 4 aliphatic rings. The summed E-state index contributed by atoms with van der Waals surface area (Å²) in [6.45, 7) is 8.18. The van der Waals surface area contributed by atoms with Gasteiger partial charge >= 0.3 is 0 Å². The van der Waals surface area contributed by atoms with Crippen LogP contribution in [0.15, 0.2) is 34.8 Å². The normalized spacial score (nSPS) is 24.5. The maximum absolute atomic E-state index is 14.1. The molecule has 2 N–H and O–H groups in total. The van der Waals surface area contributed by atoms with E-state index in [2.05, 4.69) is 33.0 Å². The number of hydrogen-bond acceptors (Lipinski definition) is 6. The van der Waals surface area contributed by atoms with E-state index >= 15 is 0 Å². The van der Waals surface area contributed by atoms with E-state index < -0.39 is 5.92 Å². The fourth-order valence-corrected chi connectivity index (χ4v) is 6.56. The fourth-order valence-electron chi connectivity index (χ4n) is 6.56. The molecule has 39 heavy (non-hydrogen) atoms. The molecule has 2 aliphatic heterocycles. The first-order chi connectivity index (χ1) is 18.5. The third kappa shape index (κ3) is 4.77. The van der Waals surface area contributed by atoms with Gasteiger partial charge in [0.2, 0.25) is 0 Å². The zero-order chi connectivity index (χ0) is 28.2. The lowest BCUT2D eigenvalue weighted by Crippen LogP contribution is -2.48. The number of hydrogen-bond donors (Lipinski definition) is 2. The Labute approximate surface area is 230 Å². The first-order valence-electron chi connectivity index (χ1n) is 14.0. The average molecular weight is 537 g/mol. The summed E-state index contributed by atoms with van der Waals surface area (Å²) in [6, 6.07) is 3.73. The largest absolute Gasteiger partial charge is 0.496 e. The standard InChI is InChI=1S/C31H40N2O6/c1-16(2)19-13-22-27(30(37)33(19)5)28(25-20(35)14-31(3,4)15-23(25)39-22)26-21(38-6)10-9-18(17-7-8-17)24(26)29(36)32-11-12-34/h9-10,16-17,19,28,34H,7-8,11-15H2,1-6H3,(H,32,36)/t19-,28+/m0/s1. The Kier molecular flexibility index (Phi) is 7.12. The van der Waals surface area contributed by atoms with E-state index in [9.17, 15) is 19.5 Å².